The summed E-state index contributed by atoms with van der Waals surface area (Å²) in [6, 6.07) is 5.71. The maximum Gasteiger partial charge on any atom is 0.195 e. The number of H-pyrrole nitrogens is 1. The van der Waals surface area contributed by atoms with Crippen molar-refractivity contribution in [2.24, 2.45) is 0 Å². The summed E-state index contributed by atoms with van der Waals surface area (Å²) in [6.07, 6.45) is 0. The van der Waals surface area contributed by atoms with Gasteiger partial charge in [0.1, 0.15) is 0 Å². The Kier molecular flexibility index (Phi) is 3.47. The van der Waals surface area contributed by atoms with Gasteiger partial charge in [0.2, 0.25) is 0 Å². The predicted molar refractivity (Wildman–Crippen MR) is 71.2 cm³/mol. The van der Waals surface area contributed by atoms with Gasteiger partial charge in [0.25, 0.3) is 0 Å². The lowest BCUT2D eigenvalue weighted by atomic mass is 10.2. The Bertz CT molecular complexity index is 576. The molecule has 0 spiro atoms. The Labute approximate surface area is 112 Å². The largest absolute Gasteiger partial charge is 0.300 e. The molecule has 0 aliphatic carbocycles. The molecule has 6 heteroatoms. The van der Waals surface area contributed by atoms with Crippen molar-refractivity contribution >= 4 is 39.7 Å². The van der Waals surface area contributed by atoms with Gasteiger partial charge in [-0.1, -0.05) is 11.6 Å². The molecular formula is C10H9BrClN3S. The fourth-order valence-electron chi connectivity index (χ4n) is 1.47. The van der Waals surface area contributed by atoms with Crippen LogP contribution < -0.4 is 0 Å². The number of aromatic amines is 1. The molecule has 84 valence electrons. The minimum absolute atomic E-state index is 0.622. The van der Waals surface area contributed by atoms with Crippen LogP contribution in [0.2, 0.25) is 5.02 Å². The summed E-state index contributed by atoms with van der Waals surface area (Å²) in [5.41, 5.74) is 0.947. The van der Waals surface area contributed by atoms with E-state index in [0.717, 1.165) is 22.4 Å². The highest BCUT2D eigenvalue weighted by atomic mass is 79.9. The highest BCUT2D eigenvalue weighted by Gasteiger charge is 2.08. The van der Waals surface area contributed by atoms with E-state index in [1.165, 1.54) is 0 Å². The first-order valence-electron chi connectivity index (χ1n) is 4.74. The van der Waals surface area contributed by atoms with Crippen LogP contribution in [-0.4, -0.2) is 14.8 Å². The molecule has 0 radical (unpaired) electrons. The Balaban J connectivity index is 2.58. The van der Waals surface area contributed by atoms with Gasteiger partial charge < -0.3 is 4.57 Å². The second-order valence-corrected chi connectivity index (χ2v) is 4.87. The summed E-state index contributed by atoms with van der Waals surface area (Å²) in [4.78, 5) is 0. The number of nitrogens with one attached hydrogen (secondary N) is 1. The van der Waals surface area contributed by atoms with Crippen molar-refractivity contribution in [3.63, 3.8) is 0 Å². The van der Waals surface area contributed by atoms with E-state index in [1.807, 2.05) is 29.7 Å². The Morgan fingerprint density at radius 3 is 2.94 bits per heavy atom. The predicted octanol–water partition coefficient (Wildman–Crippen LogP) is 4.04. The first-order chi connectivity index (χ1) is 7.63. The molecular weight excluding hydrogens is 310 g/mol. The van der Waals surface area contributed by atoms with E-state index in [4.69, 9.17) is 23.8 Å². The smallest absolute Gasteiger partial charge is 0.195 e. The molecule has 1 heterocycles. The third-order valence-corrected chi connectivity index (χ3v) is 3.80. The minimum atomic E-state index is 0.622. The van der Waals surface area contributed by atoms with Crippen LogP contribution in [0.25, 0.3) is 11.4 Å². The van der Waals surface area contributed by atoms with Crippen molar-refractivity contribution < 1.29 is 0 Å². The number of nitrogens with zero attached hydrogens (tertiary/aromatic N) is 2. The van der Waals surface area contributed by atoms with Gasteiger partial charge >= 0.3 is 0 Å². The lowest BCUT2D eigenvalue weighted by molar-refractivity contribution is 0.755. The molecule has 0 fully saturated rings. The van der Waals surface area contributed by atoms with E-state index >= 15 is 0 Å². The van der Waals surface area contributed by atoms with Crippen LogP contribution in [0, 0.1) is 4.77 Å². The first-order valence-corrected chi connectivity index (χ1v) is 6.32. The summed E-state index contributed by atoms with van der Waals surface area (Å²) in [7, 11) is 0. The minimum Gasteiger partial charge on any atom is -0.300 e. The third-order valence-electron chi connectivity index (χ3n) is 2.25. The summed E-state index contributed by atoms with van der Waals surface area (Å²) < 4.78 is 3.42. The van der Waals surface area contributed by atoms with E-state index < -0.39 is 0 Å². The van der Waals surface area contributed by atoms with Gasteiger partial charge in [0.15, 0.2) is 10.6 Å². The summed E-state index contributed by atoms with van der Waals surface area (Å²) in [5, 5.41) is 7.64. The van der Waals surface area contributed by atoms with Crippen LogP contribution in [0.4, 0.5) is 0 Å². The van der Waals surface area contributed by atoms with Crippen LogP contribution >= 0.6 is 39.7 Å². The second kappa shape index (κ2) is 4.69. The number of hydrogen-bond donors (Lipinski definition) is 1. The van der Waals surface area contributed by atoms with E-state index in [2.05, 4.69) is 26.1 Å². The van der Waals surface area contributed by atoms with Crippen molar-refractivity contribution in [1.29, 1.82) is 0 Å². The molecule has 0 saturated heterocycles. The Morgan fingerprint density at radius 1 is 1.56 bits per heavy atom. The average Bonchev–Trinajstić information content (AvgIpc) is 2.63. The zero-order valence-electron chi connectivity index (χ0n) is 8.50. The van der Waals surface area contributed by atoms with Crippen molar-refractivity contribution in [3.05, 3.63) is 32.5 Å². The van der Waals surface area contributed by atoms with Gasteiger partial charge in [0.05, 0.1) is 5.02 Å². The summed E-state index contributed by atoms with van der Waals surface area (Å²) >= 11 is 14.5. The highest BCUT2D eigenvalue weighted by Crippen LogP contribution is 2.27. The second-order valence-electron chi connectivity index (χ2n) is 3.23. The third kappa shape index (κ3) is 2.07. The SMILES string of the molecule is CCn1c(-c2ccc(Br)c(Cl)c2)n[nH]c1=S. The average molecular weight is 319 g/mol. The van der Waals surface area contributed by atoms with Crippen molar-refractivity contribution in [2.75, 3.05) is 0 Å². The van der Waals surface area contributed by atoms with Gasteiger partial charge in [-0.25, -0.2) is 0 Å². The van der Waals surface area contributed by atoms with Crippen molar-refractivity contribution in [1.82, 2.24) is 14.8 Å². The van der Waals surface area contributed by atoms with Gasteiger partial charge in [-0.05, 0) is 53.3 Å². The van der Waals surface area contributed by atoms with E-state index in [1.54, 1.807) is 0 Å². The normalized spacial score (nSPS) is 10.7. The molecule has 0 bridgehead atoms. The molecule has 2 rings (SSSR count). The zero-order valence-corrected chi connectivity index (χ0v) is 11.7. The van der Waals surface area contributed by atoms with E-state index in [0.29, 0.717) is 9.79 Å². The standard InChI is InChI=1S/C10H9BrClN3S/c1-2-15-9(13-14-10(15)16)6-3-4-7(11)8(12)5-6/h3-5H,2H2,1H3,(H,14,16). The van der Waals surface area contributed by atoms with Crippen LogP contribution in [0.1, 0.15) is 6.92 Å². The maximum atomic E-state index is 6.05. The zero-order chi connectivity index (χ0) is 11.7. The number of benzene rings is 1. The number of aromatic nitrogens is 3. The Hall–Kier alpha value is -0.650. The molecule has 0 aliphatic heterocycles. The van der Waals surface area contributed by atoms with Crippen molar-refractivity contribution in [2.45, 2.75) is 13.5 Å². The molecule has 1 N–H and O–H groups in total. The van der Waals surface area contributed by atoms with Gasteiger partial charge in [-0.3, -0.25) is 5.10 Å². The number of hydrogen-bond acceptors (Lipinski definition) is 2. The molecule has 3 nitrogen and oxygen atoms in total. The Morgan fingerprint density at radius 2 is 2.31 bits per heavy atom. The molecule has 0 unspecified atom stereocenters. The lowest BCUT2D eigenvalue weighted by Gasteiger charge is -2.04. The molecule has 0 amide bonds. The summed E-state index contributed by atoms with van der Waals surface area (Å²) in [5.74, 6) is 0.807. The molecule has 1 aromatic heterocycles. The fourth-order valence-corrected chi connectivity index (χ4v) is 2.16. The van der Waals surface area contributed by atoms with Crippen LogP contribution in [0.3, 0.4) is 0 Å². The molecule has 1 aromatic carbocycles. The van der Waals surface area contributed by atoms with Crippen LogP contribution in [0.15, 0.2) is 22.7 Å². The monoisotopic (exact) mass is 317 g/mol. The van der Waals surface area contributed by atoms with Crippen LogP contribution in [0.5, 0.6) is 0 Å². The maximum absolute atomic E-state index is 6.05. The first kappa shape index (κ1) is 11.8. The molecule has 16 heavy (non-hydrogen) atoms. The molecule has 2 aromatic rings. The summed E-state index contributed by atoms with van der Waals surface area (Å²) in [6.45, 7) is 2.80. The van der Waals surface area contributed by atoms with Gasteiger partial charge in [-0.15, -0.1) is 0 Å². The molecule has 0 aliphatic rings. The molecule has 0 atom stereocenters. The number of rotatable bonds is 2. The van der Waals surface area contributed by atoms with Gasteiger partial charge in [-0.2, -0.15) is 5.10 Å². The number of halogens is 2. The van der Waals surface area contributed by atoms with Crippen molar-refractivity contribution in [3.8, 4) is 11.4 Å². The topological polar surface area (TPSA) is 33.6 Å². The van der Waals surface area contributed by atoms with Gasteiger partial charge in [0, 0.05) is 16.6 Å². The van der Waals surface area contributed by atoms with Crippen LogP contribution in [-0.2, 0) is 6.54 Å². The fraction of sp³-hybridized carbons (Fsp3) is 0.200. The lowest BCUT2D eigenvalue weighted by Crippen LogP contribution is -1.97. The quantitative estimate of drug-likeness (QED) is 0.848. The van der Waals surface area contributed by atoms with E-state index in [-0.39, 0.29) is 0 Å². The highest BCUT2D eigenvalue weighted by molar-refractivity contribution is 9.10. The molecule has 0 saturated carbocycles. The van der Waals surface area contributed by atoms with E-state index in [9.17, 15) is 0 Å².